The number of hydrogen-bond donors (Lipinski definition) is 2. The maximum absolute atomic E-state index is 11.5. The minimum atomic E-state index is -0.961. The maximum atomic E-state index is 11.5. The zero-order chi connectivity index (χ0) is 12.0. The fourth-order valence-electron chi connectivity index (χ4n) is 1.87. The molecular formula is C11H20N2O3. The highest BCUT2D eigenvalue weighted by Gasteiger charge is 2.18. The Morgan fingerprint density at radius 1 is 1.38 bits per heavy atom. The Bertz CT molecular complexity index is 250. The normalized spacial score (nSPS) is 18.3. The zero-order valence-corrected chi connectivity index (χ0v) is 9.74. The van der Waals surface area contributed by atoms with Crippen molar-refractivity contribution in [3.05, 3.63) is 0 Å². The highest BCUT2D eigenvalue weighted by Crippen LogP contribution is 2.07. The van der Waals surface area contributed by atoms with Crippen LogP contribution in [0.15, 0.2) is 0 Å². The van der Waals surface area contributed by atoms with Gasteiger partial charge in [0.15, 0.2) is 0 Å². The average molecular weight is 228 g/mol. The van der Waals surface area contributed by atoms with Gasteiger partial charge in [-0.1, -0.05) is 6.92 Å². The van der Waals surface area contributed by atoms with Gasteiger partial charge in [0.05, 0.1) is 0 Å². The number of nitrogens with zero attached hydrogens (tertiary/aromatic N) is 1. The van der Waals surface area contributed by atoms with Crippen LogP contribution in [0.25, 0.3) is 0 Å². The summed E-state index contributed by atoms with van der Waals surface area (Å²) in [5.41, 5.74) is 0. The largest absolute Gasteiger partial charge is 0.480 e. The zero-order valence-electron chi connectivity index (χ0n) is 9.74. The SMILES string of the molecule is CC[C@@H](NC(=O)CCN1CCCC1)C(=O)O. The number of likely N-dealkylation sites (tertiary alicyclic amines) is 1. The number of aliphatic carboxylic acids is 1. The third kappa shape index (κ3) is 4.18. The minimum absolute atomic E-state index is 0.166. The summed E-state index contributed by atoms with van der Waals surface area (Å²) in [4.78, 5) is 24.4. The Balaban J connectivity index is 2.21. The van der Waals surface area contributed by atoms with E-state index in [1.807, 2.05) is 0 Å². The summed E-state index contributed by atoms with van der Waals surface area (Å²) in [6, 6.07) is -0.744. The van der Waals surface area contributed by atoms with E-state index in [4.69, 9.17) is 5.11 Å². The molecule has 1 heterocycles. The van der Waals surface area contributed by atoms with Crippen LogP contribution in [0.3, 0.4) is 0 Å². The summed E-state index contributed by atoms with van der Waals surface area (Å²) in [5.74, 6) is -1.13. The molecule has 2 N–H and O–H groups in total. The van der Waals surface area contributed by atoms with Crippen LogP contribution in [-0.2, 0) is 9.59 Å². The second-order valence-corrected chi connectivity index (χ2v) is 4.17. The van der Waals surface area contributed by atoms with E-state index in [1.54, 1.807) is 6.92 Å². The number of nitrogens with one attached hydrogen (secondary N) is 1. The van der Waals surface area contributed by atoms with Gasteiger partial charge in [-0.05, 0) is 32.4 Å². The van der Waals surface area contributed by atoms with E-state index < -0.39 is 12.0 Å². The van der Waals surface area contributed by atoms with Crippen LogP contribution in [-0.4, -0.2) is 47.6 Å². The Morgan fingerprint density at radius 2 is 2.00 bits per heavy atom. The minimum Gasteiger partial charge on any atom is -0.480 e. The van der Waals surface area contributed by atoms with Crippen molar-refractivity contribution < 1.29 is 14.7 Å². The second kappa shape index (κ2) is 6.48. The molecule has 1 fully saturated rings. The van der Waals surface area contributed by atoms with E-state index in [0.29, 0.717) is 12.8 Å². The van der Waals surface area contributed by atoms with Crippen LogP contribution in [0, 0.1) is 0 Å². The number of hydrogen-bond acceptors (Lipinski definition) is 3. The van der Waals surface area contributed by atoms with Crippen LogP contribution < -0.4 is 5.32 Å². The first kappa shape index (κ1) is 13.0. The highest BCUT2D eigenvalue weighted by atomic mass is 16.4. The number of carbonyl (C=O) groups excluding carboxylic acids is 1. The van der Waals surface area contributed by atoms with Gasteiger partial charge < -0.3 is 15.3 Å². The molecule has 0 bridgehead atoms. The molecule has 0 spiro atoms. The van der Waals surface area contributed by atoms with Gasteiger partial charge >= 0.3 is 5.97 Å². The van der Waals surface area contributed by atoms with E-state index in [2.05, 4.69) is 10.2 Å². The molecule has 5 heteroatoms. The Hall–Kier alpha value is -1.10. The lowest BCUT2D eigenvalue weighted by molar-refractivity contribution is -0.141. The number of carboxylic acid groups (broad SMARTS) is 1. The molecule has 0 radical (unpaired) electrons. The lowest BCUT2D eigenvalue weighted by atomic mass is 10.2. The van der Waals surface area contributed by atoms with Crippen molar-refractivity contribution in [3.63, 3.8) is 0 Å². The van der Waals surface area contributed by atoms with Crippen molar-refractivity contribution in [2.45, 2.75) is 38.6 Å². The fraction of sp³-hybridized carbons (Fsp3) is 0.818. The molecule has 1 atom stereocenters. The standard InChI is InChI=1S/C11H20N2O3/c1-2-9(11(15)16)12-10(14)5-8-13-6-3-4-7-13/h9H,2-8H2,1H3,(H,12,14)(H,15,16)/t9-/m1/s1. The molecule has 1 amide bonds. The van der Waals surface area contributed by atoms with Crippen molar-refractivity contribution in [2.24, 2.45) is 0 Å². The Morgan fingerprint density at radius 3 is 2.50 bits per heavy atom. The van der Waals surface area contributed by atoms with Gasteiger partial charge in [-0.3, -0.25) is 4.79 Å². The first-order valence-corrected chi connectivity index (χ1v) is 5.88. The topological polar surface area (TPSA) is 69.6 Å². The van der Waals surface area contributed by atoms with Crippen molar-refractivity contribution >= 4 is 11.9 Å². The molecule has 16 heavy (non-hydrogen) atoms. The van der Waals surface area contributed by atoms with E-state index in [9.17, 15) is 9.59 Å². The summed E-state index contributed by atoms with van der Waals surface area (Å²) in [6.45, 7) is 4.61. The third-order valence-corrected chi connectivity index (χ3v) is 2.90. The number of carboxylic acids is 1. The lowest BCUT2D eigenvalue weighted by Crippen LogP contribution is -2.41. The monoisotopic (exact) mass is 228 g/mol. The fourth-order valence-corrected chi connectivity index (χ4v) is 1.87. The maximum Gasteiger partial charge on any atom is 0.326 e. The van der Waals surface area contributed by atoms with Crippen molar-refractivity contribution in [3.8, 4) is 0 Å². The van der Waals surface area contributed by atoms with E-state index in [-0.39, 0.29) is 5.91 Å². The van der Waals surface area contributed by atoms with Gasteiger partial charge in [-0.15, -0.1) is 0 Å². The number of rotatable bonds is 6. The molecule has 1 aliphatic heterocycles. The van der Waals surface area contributed by atoms with Crippen LogP contribution in [0.1, 0.15) is 32.6 Å². The predicted molar refractivity (Wildman–Crippen MR) is 60.1 cm³/mol. The van der Waals surface area contributed by atoms with E-state index in [1.165, 1.54) is 12.8 Å². The quantitative estimate of drug-likeness (QED) is 0.692. The van der Waals surface area contributed by atoms with Crippen molar-refractivity contribution in [2.75, 3.05) is 19.6 Å². The van der Waals surface area contributed by atoms with Crippen molar-refractivity contribution in [1.29, 1.82) is 0 Å². The summed E-state index contributed by atoms with van der Waals surface area (Å²) in [6.07, 6.45) is 3.22. The highest BCUT2D eigenvalue weighted by molar-refractivity contribution is 5.83. The lowest BCUT2D eigenvalue weighted by Gasteiger charge is -2.16. The average Bonchev–Trinajstić information content (AvgIpc) is 2.75. The van der Waals surface area contributed by atoms with Gasteiger partial charge in [-0.2, -0.15) is 0 Å². The van der Waals surface area contributed by atoms with Crippen LogP contribution in [0.4, 0.5) is 0 Å². The molecule has 0 aromatic rings. The molecule has 1 rings (SSSR count). The number of carbonyl (C=O) groups is 2. The van der Waals surface area contributed by atoms with Gasteiger partial charge in [0.25, 0.3) is 0 Å². The molecule has 5 nitrogen and oxygen atoms in total. The second-order valence-electron chi connectivity index (χ2n) is 4.17. The van der Waals surface area contributed by atoms with Gasteiger partial charge in [0.2, 0.25) is 5.91 Å². The summed E-state index contributed by atoms with van der Waals surface area (Å²) in [7, 11) is 0. The van der Waals surface area contributed by atoms with Gasteiger partial charge in [0.1, 0.15) is 6.04 Å². The van der Waals surface area contributed by atoms with Crippen LogP contribution in [0.2, 0.25) is 0 Å². The first-order chi connectivity index (χ1) is 7.63. The molecular weight excluding hydrogens is 208 g/mol. The summed E-state index contributed by atoms with van der Waals surface area (Å²) < 4.78 is 0. The first-order valence-electron chi connectivity index (χ1n) is 5.88. The Labute approximate surface area is 95.8 Å². The molecule has 0 aliphatic carbocycles. The molecule has 0 unspecified atom stereocenters. The van der Waals surface area contributed by atoms with Gasteiger partial charge in [-0.25, -0.2) is 4.79 Å². The predicted octanol–water partition coefficient (Wildman–Crippen LogP) is 0.452. The molecule has 1 aliphatic rings. The number of amides is 1. The summed E-state index contributed by atoms with van der Waals surface area (Å²) in [5, 5.41) is 11.3. The molecule has 0 aromatic carbocycles. The van der Waals surface area contributed by atoms with Gasteiger partial charge in [0, 0.05) is 13.0 Å². The van der Waals surface area contributed by atoms with Crippen molar-refractivity contribution in [1.82, 2.24) is 10.2 Å². The molecule has 0 aromatic heterocycles. The Kier molecular flexibility index (Phi) is 5.25. The van der Waals surface area contributed by atoms with Crippen LogP contribution >= 0.6 is 0 Å². The van der Waals surface area contributed by atoms with E-state index in [0.717, 1.165) is 19.6 Å². The third-order valence-electron chi connectivity index (χ3n) is 2.90. The van der Waals surface area contributed by atoms with Crippen LogP contribution in [0.5, 0.6) is 0 Å². The molecule has 0 saturated carbocycles. The summed E-state index contributed by atoms with van der Waals surface area (Å²) >= 11 is 0. The molecule has 92 valence electrons. The molecule has 1 saturated heterocycles. The smallest absolute Gasteiger partial charge is 0.326 e. The van der Waals surface area contributed by atoms with E-state index >= 15 is 0 Å².